The van der Waals surface area contributed by atoms with Gasteiger partial charge in [0.05, 0.1) is 0 Å². The molecule has 1 aromatic rings. The van der Waals surface area contributed by atoms with Crippen LogP contribution in [-0.4, -0.2) is 45.7 Å². The molecule has 2 fully saturated rings. The molecule has 3 rings (SSSR count). The van der Waals surface area contributed by atoms with Crippen LogP contribution in [0.15, 0.2) is 12.4 Å². The summed E-state index contributed by atoms with van der Waals surface area (Å²) in [5, 5.41) is 3.73. The standard InChI is InChI=1S/C15H26N4/c1-3-19(8-6-15-16-7-9-18(15)2)14-10-12-4-5-13(11-14)17-12/h7,9,12-14,17H,3-6,8,10-11H2,1-2H3. The van der Waals surface area contributed by atoms with E-state index in [0.717, 1.165) is 37.6 Å². The van der Waals surface area contributed by atoms with E-state index in [1.807, 2.05) is 12.4 Å². The van der Waals surface area contributed by atoms with Crippen LogP contribution < -0.4 is 5.32 Å². The minimum Gasteiger partial charge on any atom is -0.338 e. The topological polar surface area (TPSA) is 33.1 Å². The predicted molar refractivity (Wildman–Crippen MR) is 77.1 cm³/mol. The summed E-state index contributed by atoms with van der Waals surface area (Å²) in [5.74, 6) is 1.20. The molecule has 0 aromatic carbocycles. The molecule has 4 heteroatoms. The van der Waals surface area contributed by atoms with Gasteiger partial charge >= 0.3 is 0 Å². The fourth-order valence-corrected chi connectivity index (χ4v) is 3.81. The number of fused-ring (bicyclic) bond motifs is 2. The van der Waals surface area contributed by atoms with E-state index in [0.29, 0.717) is 0 Å². The summed E-state index contributed by atoms with van der Waals surface area (Å²) in [6.07, 6.45) is 10.5. The first-order chi connectivity index (χ1) is 9.26. The Morgan fingerprint density at radius 3 is 2.68 bits per heavy atom. The quantitative estimate of drug-likeness (QED) is 0.874. The van der Waals surface area contributed by atoms with Crippen LogP contribution in [-0.2, 0) is 13.5 Å². The van der Waals surface area contributed by atoms with Crippen molar-refractivity contribution in [1.29, 1.82) is 0 Å². The fourth-order valence-electron chi connectivity index (χ4n) is 3.81. The number of hydrogen-bond donors (Lipinski definition) is 1. The van der Waals surface area contributed by atoms with Crippen LogP contribution in [0, 0.1) is 0 Å². The van der Waals surface area contributed by atoms with Gasteiger partial charge in [0.1, 0.15) is 5.82 Å². The molecule has 2 bridgehead atoms. The fraction of sp³-hybridized carbons (Fsp3) is 0.800. The van der Waals surface area contributed by atoms with E-state index < -0.39 is 0 Å². The molecule has 0 spiro atoms. The third kappa shape index (κ3) is 2.84. The van der Waals surface area contributed by atoms with E-state index in [9.17, 15) is 0 Å². The maximum absolute atomic E-state index is 4.43. The molecule has 19 heavy (non-hydrogen) atoms. The van der Waals surface area contributed by atoms with Crippen LogP contribution in [0.3, 0.4) is 0 Å². The lowest BCUT2D eigenvalue weighted by Gasteiger charge is -2.37. The Bertz CT molecular complexity index is 402. The van der Waals surface area contributed by atoms with Crippen molar-refractivity contribution in [1.82, 2.24) is 19.8 Å². The Morgan fingerprint density at radius 1 is 1.37 bits per heavy atom. The van der Waals surface area contributed by atoms with E-state index in [1.54, 1.807) is 0 Å². The first-order valence-electron chi connectivity index (χ1n) is 7.72. The first kappa shape index (κ1) is 13.1. The van der Waals surface area contributed by atoms with Crippen molar-refractivity contribution in [3.63, 3.8) is 0 Å². The van der Waals surface area contributed by atoms with E-state index >= 15 is 0 Å². The summed E-state index contributed by atoms with van der Waals surface area (Å²) in [6, 6.07) is 2.35. The molecule has 2 saturated heterocycles. The number of piperidine rings is 1. The number of aryl methyl sites for hydroxylation is 1. The van der Waals surface area contributed by atoms with Crippen LogP contribution in [0.2, 0.25) is 0 Å². The Kier molecular flexibility index (Phi) is 3.89. The summed E-state index contributed by atoms with van der Waals surface area (Å²) in [6.45, 7) is 4.60. The second-order valence-electron chi connectivity index (χ2n) is 6.10. The minimum atomic E-state index is 0.781. The monoisotopic (exact) mass is 262 g/mol. The zero-order valence-electron chi connectivity index (χ0n) is 12.2. The number of likely N-dealkylation sites (N-methyl/N-ethyl adjacent to an activating group) is 1. The van der Waals surface area contributed by atoms with Crippen molar-refractivity contribution in [3.05, 3.63) is 18.2 Å². The van der Waals surface area contributed by atoms with Crippen molar-refractivity contribution in [2.75, 3.05) is 13.1 Å². The zero-order chi connectivity index (χ0) is 13.2. The number of nitrogens with one attached hydrogen (secondary N) is 1. The molecule has 2 atom stereocenters. The number of nitrogens with zero attached hydrogens (tertiary/aromatic N) is 3. The number of aromatic nitrogens is 2. The lowest BCUT2D eigenvalue weighted by atomic mass is 9.98. The normalized spacial score (nSPS) is 30.2. The smallest absolute Gasteiger partial charge is 0.109 e. The Labute approximate surface area is 116 Å². The molecule has 2 aliphatic heterocycles. The Hall–Kier alpha value is -0.870. The van der Waals surface area contributed by atoms with E-state index in [4.69, 9.17) is 0 Å². The van der Waals surface area contributed by atoms with Crippen LogP contribution in [0.25, 0.3) is 0 Å². The summed E-state index contributed by atoms with van der Waals surface area (Å²) in [4.78, 5) is 7.10. The zero-order valence-corrected chi connectivity index (χ0v) is 12.2. The maximum Gasteiger partial charge on any atom is 0.109 e. The van der Waals surface area contributed by atoms with Crippen LogP contribution >= 0.6 is 0 Å². The third-order valence-corrected chi connectivity index (χ3v) is 4.91. The van der Waals surface area contributed by atoms with Gasteiger partial charge in [-0.05, 0) is 32.2 Å². The van der Waals surface area contributed by atoms with Crippen molar-refractivity contribution >= 4 is 0 Å². The van der Waals surface area contributed by atoms with Gasteiger partial charge in [0.2, 0.25) is 0 Å². The van der Waals surface area contributed by atoms with Crippen molar-refractivity contribution in [3.8, 4) is 0 Å². The second kappa shape index (κ2) is 5.63. The molecule has 2 unspecified atom stereocenters. The van der Waals surface area contributed by atoms with Crippen LogP contribution in [0.1, 0.15) is 38.4 Å². The van der Waals surface area contributed by atoms with Gasteiger partial charge in [-0.15, -0.1) is 0 Å². The lowest BCUT2D eigenvalue weighted by molar-refractivity contribution is 0.148. The van der Waals surface area contributed by atoms with Gasteiger partial charge in [0.15, 0.2) is 0 Å². The molecule has 1 aromatic heterocycles. The van der Waals surface area contributed by atoms with Gasteiger partial charge in [-0.2, -0.15) is 0 Å². The van der Waals surface area contributed by atoms with Crippen LogP contribution in [0.4, 0.5) is 0 Å². The predicted octanol–water partition coefficient (Wildman–Crippen LogP) is 1.57. The Morgan fingerprint density at radius 2 is 2.11 bits per heavy atom. The van der Waals surface area contributed by atoms with E-state index in [1.165, 1.54) is 31.5 Å². The molecule has 0 radical (unpaired) electrons. The highest BCUT2D eigenvalue weighted by Gasteiger charge is 2.35. The molecule has 2 aliphatic rings. The van der Waals surface area contributed by atoms with E-state index in [-0.39, 0.29) is 0 Å². The summed E-state index contributed by atoms with van der Waals surface area (Å²) in [7, 11) is 2.09. The van der Waals surface area contributed by atoms with Gasteiger partial charge in [-0.25, -0.2) is 4.98 Å². The van der Waals surface area contributed by atoms with E-state index in [2.05, 4.69) is 33.7 Å². The SMILES string of the molecule is CCN(CCc1nccn1C)C1CC2CCC(C1)N2. The largest absolute Gasteiger partial charge is 0.338 e. The minimum absolute atomic E-state index is 0.781. The average molecular weight is 262 g/mol. The third-order valence-electron chi connectivity index (χ3n) is 4.91. The summed E-state index contributed by atoms with van der Waals surface area (Å²) in [5.41, 5.74) is 0. The van der Waals surface area contributed by atoms with Gasteiger partial charge in [0.25, 0.3) is 0 Å². The molecule has 0 saturated carbocycles. The van der Waals surface area contributed by atoms with Crippen molar-refractivity contribution in [2.45, 2.75) is 57.2 Å². The molecule has 4 nitrogen and oxygen atoms in total. The molecular formula is C15H26N4. The Balaban J connectivity index is 1.57. The molecular weight excluding hydrogens is 236 g/mol. The number of rotatable bonds is 5. The van der Waals surface area contributed by atoms with Crippen molar-refractivity contribution in [2.24, 2.45) is 7.05 Å². The first-order valence-corrected chi connectivity index (χ1v) is 7.72. The molecule has 0 amide bonds. The van der Waals surface area contributed by atoms with Gasteiger partial charge in [-0.1, -0.05) is 6.92 Å². The average Bonchev–Trinajstić information content (AvgIpc) is 2.97. The van der Waals surface area contributed by atoms with Crippen molar-refractivity contribution < 1.29 is 0 Å². The summed E-state index contributed by atoms with van der Waals surface area (Å²) >= 11 is 0. The maximum atomic E-state index is 4.43. The number of imidazole rings is 1. The lowest BCUT2D eigenvalue weighted by Crippen LogP contribution is -2.48. The molecule has 1 N–H and O–H groups in total. The second-order valence-corrected chi connectivity index (χ2v) is 6.10. The van der Waals surface area contributed by atoms with Gasteiger partial charge < -0.3 is 14.8 Å². The highest BCUT2D eigenvalue weighted by Crippen LogP contribution is 2.29. The highest BCUT2D eigenvalue weighted by atomic mass is 15.2. The highest BCUT2D eigenvalue weighted by molar-refractivity contribution is 4.97. The van der Waals surface area contributed by atoms with Gasteiger partial charge in [-0.3, -0.25) is 0 Å². The van der Waals surface area contributed by atoms with Crippen LogP contribution in [0.5, 0.6) is 0 Å². The van der Waals surface area contributed by atoms with Gasteiger partial charge in [0, 0.05) is 50.5 Å². The summed E-state index contributed by atoms with van der Waals surface area (Å²) < 4.78 is 2.14. The molecule has 106 valence electrons. The molecule has 0 aliphatic carbocycles. The number of hydrogen-bond acceptors (Lipinski definition) is 3. The molecule has 3 heterocycles.